The monoisotopic (exact) mass is 459 g/mol. The summed E-state index contributed by atoms with van der Waals surface area (Å²) in [5.74, 6) is -1.43. The molecule has 32 heavy (non-hydrogen) atoms. The zero-order valence-corrected chi connectivity index (χ0v) is 18.8. The third-order valence-corrected chi connectivity index (χ3v) is 6.72. The lowest BCUT2D eigenvalue weighted by molar-refractivity contribution is -0.213. The van der Waals surface area contributed by atoms with Crippen LogP contribution >= 0.6 is 0 Å². The van der Waals surface area contributed by atoms with Crippen molar-refractivity contribution in [3.63, 3.8) is 0 Å². The molecule has 0 amide bonds. The molecule has 0 saturated carbocycles. The number of fused-ring (bicyclic) bond motifs is 8. The molecule has 6 aliphatic rings. The smallest absolute Gasteiger partial charge is 0.187 e. The van der Waals surface area contributed by atoms with Crippen LogP contribution in [0.1, 0.15) is 27.7 Å². The Labute approximate surface area is 186 Å². The molecule has 11 atom stereocenters. The molecule has 6 aliphatic heterocycles. The van der Waals surface area contributed by atoms with E-state index in [0.717, 1.165) is 0 Å². The maximum atomic E-state index is 6.35. The highest BCUT2D eigenvalue weighted by Crippen LogP contribution is 2.43. The number of ether oxygens (including phenoxy) is 10. The third kappa shape index (κ3) is 3.81. The first kappa shape index (κ1) is 22.1. The van der Waals surface area contributed by atoms with Gasteiger partial charge in [-0.05, 0) is 27.7 Å². The van der Waals surface area contributed by atoms with E-state index in [2.05, 4.69) is 0 Å². The highest BCUT2D eigenvalue weighted by Gasteiger charge is 2.60. The fourth-order valence-electron chi connectivity index (χ4n) is 5.48. The first-order valence-corrected chi connectivity index (χ1v) is 11.4. The fraction of sp³-hybridized carbons (Fsp3) is 1.00. The van der Waals surface area contributed by atoms with Crippen molar-refractivity contribution in [2.45, 2.75) is 107 Å². The zero-order valence-electron chi connectivity index (χ0n) is 18.8. The first-order valence-electron chi connectivity index (χ1n) is 11.4. The molecule has 0 aromatic heterocycles. The van der Waals surface area contributed by atoms with Crippen LogP contribution in [-0.2, 0) is 47.4 Å². The second kappa shape index (κ2) is 7.79. The van der Waals surface area contributed by atoms with Gasteiger partial charge in [0.1, 0.15) is 48.8 Å². The van der Waals surface area contributed by atoms with E-state index in [1.54, 1.807) is 0 Å². The van der Waals surface area contributed by atoms with E-state index < -0.39 is 24.2 Å². The summed E-state index contributed by atoms with van der Waals surface area (Å²) in [5, 5.41) is 0. The molecule has 1 unspecified atom stereocenters. The van der Waals surface area contributed by atoms with Crippen molar-refractivity contribution in [3.8, 4) is 0 Å². The van der Waals surface area contributed by atoms with Crippen LogP contribution in [0.2, 0.25) is 0 Å². The highest BCUT2D eigenvalue weighted by molar-refractivity contribution is 5.01. The van der Waals surface area contributed by atoms with Crippen molar-refractivity contribution >= 4 is 0 Å². The van der Waals surface area contributed by atoms with Crippen LogP contribution in [0.5, 0.6) is 0 Å². The second-order valence-corrected chi connectivity index (χ2v) is 10.2. The lowest BCUT2D eigenvalue weighted by Crippen LogP contribution is -2.55. The molecule has 0 aromatic carbocycles. The Morgan fingerprint density at radius 2 is 1.12 bits per heavy atom. The third-order valence-electron chi connectivity index (χ3n) is 6.72. The Balaban J connectivity index is 1.05. The molecule has 0 aliphatic carbocycles. The Kier molecular flexibility index (Phi) is 5.37. The van der Waals surface area contributed by atoms with E-state index in [9.17, 15) is 0 Å². The average molecular weight is 459 g/mol. The molecule has 6 heterocycles. The molecule has 6 fully saturated rings. The van der Waals surface area contributed by atoms with Gasteiger partial charge in [-0.25, -0.2) is 0 Å². The zero-order chi connectivity index (χ0) is 22.3. The van der Waals surface area contributed by atoms with Gasteiger partial charge in [0.15, 0.2) is 24.2 Å². The van der Waals surface area contributed by atoms with E-state index in [-0.39, 0.29) is 68.1 Å². The van der Waals surface area contributed by atoms with Crippen LogP contribution in [0.25, 0.3) is 0 Å². The SMILES string of the molecule is CC1(C)O[C@H]2[C@H](O1)[C@@H]1OC[C@H](O1)[C@@H]2OCC(N)CO[C@@H]1[C@@H]2OC(C)(C)O[C@H]2[C@H]2OC[C@H]1O2. The summed E-state index contributed by atoms with van der Waals surface area (Å²) in [7, 11) is 0. The molecule has 2 N–H and O–H groups in total. The molecule has 6 rings (SSSR count). The maximum Gasteiger partial charge on any atom is 0.187 e. The van der Waals surface area contributed by atoms with Gasteiger partial charge in [-0.1, -0.05) is 0 Å². The van der Waals surface area contributed by atoms with Gasteiger partial charge in [0, 0.05) is 0 Å². The van der Waals surface area contributed by atoms with Gasteiger partial charge < -0.3 is 53.1 Å². The lowest BCUT2D eigenvalue weighted by Gasteiger charge is -2.36. The van der Waals surface area contributed by atoms with Gasteiger partial charge in [0.25, 0.3) is 0 Å². The van der Waals surface area contributed by atoms with Crippen molar-refractivity contribution in [1.29, 1.82) is 0 Å². The molecule has 6 saturated heterocycles. The predicted molar refractivity (Wildman–Crippen MR) is 104 cm³/mol. The van der Waals surface area contributed by atoms with Crippen molar-refractivity contribution in [1.82, 2.24) is 0 Å². The van der Waals surface area contributed by atoms with Crippen LogP contribution in [0.4, 0.5) is 0 Å². The molecule has 0 aromatic rings. The fourth-order valence-corrected chi connectivity index (χ4v) is 5.48. The van der Waals surface area contributed by atoms with E-state index in [0.29, 0.717) is 13.2 Å². The highest BCUT2D eigenvalue weighted by atomic mass is 16.8. The van der Waals surface area contributed by atoms with Gasteiger partial charge in [0.2, 0.25) is 0 Å². The van der Waals surface area contributed by atoms with E-state index in [1.807, 2.05) is 27.7 Å². The molecule has 0 spiro atoms. The minimum absolute atomic E-state index is 0.210. The Hall–Kier alpha value is -0.440. The summed E-state index contributed by atoms with van der Waals surface area (Å²) in [4.78, 5) is 0. The molecule has 4 bridgehead atoms. The summed E-state index contributed by atoms with van der Waals surface area (Å²) in [6.45, 7) is 8.95. The molecule has 182 valence electrons. The van der Waals surface area contributed by atoms with Crippen molar-refractivity contribution in [2.75, 3.05) is 26.4 Å². The summed E-state index contributed by atoms with van der Waals surface area (Å²) in [6.07, 6.45) is -3.10. The van der Waals surface area contributed by atoms with Crippen molar-refractivity contribution < 1.29 is 47.4 Å². The summed E-state index contributed by atoms with van der Waals surface area (Å²) in [5.41, 5.74) is 6.35. The van der Waals surface area contributed by atoms with E-state index in [4.69, 9.17) is 53.1 Å². The van der Waals surface area contributed by atoms with Crippen molar-refractivity contribution in [3.05, 3.63) is 0 Å². The van der Waals surface area contributed by atoms with Crippen LogP contribution in [0.15, 0.2) is 0 Å². The minimum Gasteiger partial charge on any atom is -0.371 e. The molecule has 11 heteroatoms. The first-order chi connectivity index (χ1) is 15.2. The maximum absolute atomic E-state index is 6.35. The van der Waals surface area contributed by atoms with Gasteiger partial charge in [-0.15, -0.1) is 0 Å². The van der Waals surface area contributed by atoms with E-state index in [1.165, 1.54) is 0 Å². The Morgan fingerprint density at radius 1 is 0.719 bits per heavy atom. The number of hydrogen-bond donors (Lipinski definition) is 1. The van der Waals surface area contributed by atoms with Crippen LogP contribution in [0, 0.1) is 0 Å². The summed E-state index contributed by atoms with van der Waals surface area (Å²) in [6, 6.07) is -0.363. The van der Waals surface area contributed by atoms with Gasteiger partial charge in [0.05, 0.1) is 32.5 Å². The molecular formula is C21H33NO10. The van der Waals surface area contributed by atoms with E-state index >= 15 is 0 Å². The summed E-state index contributed by atoms with van der Waals surface area (Å²) < 4.78 is 59.8. The lowest BCUT2D eigenvalue weighted by atomic mass is 10.0. The summed E-state index contributed by atoms with van der Waals surface area (Å²) >= 11 is 0. The number of rotatable bonds is 6. The normalized spacial score (nSPS) is 50.9. The average Bonchev–Trinajstić information content (AvgIpc) is 3.46. The number of hydrogen-bond acceptors (Lipinski definition) is 11. The minimum atomic E-state index is -0.713. The second-order valence-electron chi connectivity index (χ2n) is 10.2. The Bertz CT molecular complexity index is 663. The van der Waals surface area contributed by atoms with Gasteiger partial charge in [-0.3, -0.25) is 0 Å². The van der Waals surface area contributed by atoms with Gasteiger partial charge >= 0.3 is 0 Å². The predicted octanol–water partition coefficient (Wildman–Crippen LogP) is -0.365. The standard InChI is InChI=1S/C21H33NO10/c1-20(2)29-14-12(10-7-25-18(27-10)16(14)31-20)23-5-9(22)6-24-13-11-8-26-19(28-11)17-15(13)30-21(3,4)32-17/h9-19H,5-8,22H2,1-4H3/t9?,10-,11+,12-,13-,14+,15-,16-,17+,18+,19-/m0/s1. The van der Waals surface area contributed by atoms with Crippen molar-refractivity contribution in [2.24, 2.45) is 5.73 Å². The largest absolute Gasteiger partial charge is 0.371 e. The topological polar surface area (TPSA) is 118 Å². The van der Waals surface area contributed by atoms with Gasteiger partial charge in [-0.2, -0.15) is 0 Å². The quantitative estimate of drug-likeness (QED) is 0.561. The molecule has 11 nitrogen and oxygen atoms in total. The van der Waals surface area contributed by atoms with Crippen LogP contribution < -0.4 is 5.73 Å². The van der Waals surface area contributed by atoms with Crippen LogP contribution in [-0.4, -0.2) is 105 Å². The molecule has 0 radical (unpaired) electrons. The van der Waals surface area contributed by atoms with Crippen LogP contribution in [0.3, 0.4) is 0 Å². The Morgan fingerprint density at radius 3 is 1.56 bits per heavy atom. The molecular weight excluding hydrogens is 426 g/mol. The number of nitrogens with two attached hydrogens (primary N) is 1.